The summed E-state index contributed by atoms with van der Waals surface area (Å²) < 4.78 is 17.7. The molecular formula is C26H36O4. The second-order valence-electron chi connectivity index (χ2n) is 7.78. The van der Waals surface area contributed by atoms with Gasteiger partial charge in [-0.25, -0.2) is 4.79 Å². The summed E-state index contributed by atoms with van der Waals surface area (Å²) in [5.74, 6) is 1.29. The van der Waals surface area contributed by atoms with Gasteiger partial charge in [0.2, 0.25) is 0 Å². The number of hydrogen-bond donors (Lipinski definition) is 0. The molecule has 0 spiro atoms. The van der Waals surface area contributed by atoms with Crippen LogP contribution in [0.3, 0.4) is 0 Å². The van der Waals surface area contributed by atoms with Crippen LogP contribution >= 0.6 is 0 Å². The van der Waals surface area contributed by atoms with Gasteiger partial charge in [0.1, 0.15) is 24.2 Å². The molecule has 4 nitrogen and oxygen atoms in total. The highest BCUT2D eigenvalue weighted by Crippen LogP contribution is 2.33. The Morgan fingerprint density at radius 2 is 1.53 bits per heavy atom. The number of benzene rings is 2. The Balaban J connectivity index is 2.10. The molecule has 1 unspecified atom stereocenters. The van der Waals surface area contributed by atoms with Gasteiger partial charge in [-0.3, -0.25) is 0 Å². The van der Waals surface area contributed by atoms with Crippen LogP contribution in [0.5, 0.6) is 11.5 Å². The van der Waals surface area contributed by atoms with Gasteiger partial charge in [-0.2, -0.15) is 0 Å². The van der Waals surface area contributed by atoms with Gasteiger partial charge in [-0.15, -0.1) is 0 Å². The Labute approximate surface area is 181 Å². The summed E-state index contributed by atoms with van der Waals surface area (Å²) >= 11 is 0. The van der Waals surface area contributed by atoms with Gasteiger partial charge in [-0.1, -0.05) is 70.4 Å². The maximum Gasteiger partial charge on any atom is 0.333 e. The van der Waals surface area contributed by atoms with Crippen LogP contribution in [0.4, 0.5) is 0 Å². The zero-order valence-electron chi connectivity index (χ0n) is 18.7. The first-order valence-corrected chi connectivity index (χ1v) is 11.2. The topological polar surface area (TPSA) is 44.8 Å². The van der Waals surface area contributed by atoms with Crippen molar-refractivity contribution in [3.8, 4) is 11.5 Å². The van der Waals surface area contributed by atoms with E-state index in [0.717, 1.165) is 54.4 Å². The number of unbranched alkanes of at least 4 members (excludes halogenated alkanes) is 4. The van der Waals surface area contributed by atoms with E-state index in [1.807, 2.05) is 36.4 Å². The van der Waals surface area contributed by atoms with E-state index in [-0.39, 0.29) is 12.1 Å². The van der Waals surface area contributed by atoms with E-state index in [2.05, 4.69) is 20.4 Å². The molecule has 0 fully saturated rings. The lowest BCUT2D eigenvalue weighted by Gasteiger charge is -2.20. The molecule has 0 radical (unpaired) electrons. The predicted octanol–water partition coefficient (Wildman–Crippen LogP) is 6.86. The Bertz CT molecular complexity index is 812. The van der Waals surface area contributed by atoms with Gasteiger partial charge in [0.15, 0.2) is 0 Å². The SMILES string of the molecule is C=C(C)C(=O)OC(CCCCCC)COc1ccc(OCCCC)c2ccccc12. The summed E-state index contributed by atoms with van der Waals surface area (Å²) in [5.41, 5.74) is 0.410. The second kappa shape index (κ2) is 12.9. The molecule has 2 aromatic carbocycles. The van der Waals surface area contributed by atoms with E-state index in [1.54, 1.807) is 6.92 Å². The lowest BCUT2D eigenvalue weighted by atomic mass is 10.1. The molecule has 1 atom stereocenters. The summed E-state index contributed by atoms with van der Waals surface area (Å²) in [5, 5.41) is 2.03. The highest BCUT2D eigenvalue weighted by Gasteiger charge is 2.17. The van der Waals surface area contributed by atoms with Gasteiger partial charge >= 0.3 is 5.97 Å². The van der Waals surface area contributed by atoms with Gasteiger partial charge < -0.3 is 14.2 Å². The highest BCUT2D eigenvalue weighted by atomic mass is 16.6. The molecule has 0 N–H and O–H groups in total. The number of esters is 1. The van der Waals surface area contributed by atoms with Gasteiger partial charge in [-0.05, 0) is 38.3 Å². The number of rotatable bonds is 14. The number of ether oxygens (including phenoxy) is 3. The molecule has 0 aliphatic heterocycles. The van der Waals surface area contributed by atoms with Crippen molar-refractivity contribution in [3.63, 3.8) is 0 Å². The molecule has 0 saturated heterocycles. The number of carbonyl (C=O) groups is 1. The first kappa shape index (κ1) is 23.8. The normalized spacial score (nSPS) is 11.8. The maximum atomic E-state index is 12.0. The third-order valence-corrected chi connectivity index (χ3v) is 5.03. The lowest BCUT2D eigenvalue weighted by Crippen LogP contribution is -2.25. The highest BCUT2D eigenvalue weighted by molar-refractivity contribution is 5.93. The third kappa shape index (κ3) is 7.40. The zero-order chi connectivity index (χ0) is 21.8. The number of hydrogen-bond acceptors (Lipinski definition) is 4. The first-order valence-electron chi connectivity index (χ1n) is 11.2. The summed E-state index contributed by atoms with van der Waals surface area (Å²) in [7, 11) is 0. The van der Waals surface area contributed by atoms with Crippen molar-refractivity contribution < 1.29 is 19.0 Å². The predicted molar refractivity (Wildman–Crippen MR) is 123 cm³/mol. The average Bonchev–Trinajstić information content (AvgIpc) is 2.75. The largest absolute Gasteiger partial charge is 0.493 e. The summed E-state index contributed by atoms with van der Waals surface area (Å²) in [6.45, 7) is 10.7. The van der Waals surface area contributed by atoms with Crippen LogP contribution in [0.1, 0.15) is 65.7 Å². The molecule has 2 rings (SSSR count). The van der Waals surface area contributed by atoms with Crippen molar-refractivity contribution in [3.05, 3.63) is 48.6 Å². The van der Waals surface area contributed by atoms with Gasteiger partial charge in [0.05, 0.1) is 6.61 Å². The van der Waals surface area contributed by atoms with E-state index >= 15 is 0 Å². The smallest absolute Gasteiger partial charge is 0.333 e. The van der Waals surface area contributed by atoms with Crippen molar-refractivity contribution in [1.82, 2.24) is 0 Å². The minimum Gasteiger partial charge on any atom is -0.493 e. The zero-order valence-corrected chi connectivity index (χ0v) is 18.7. The molecule has 2 aromatic rings. The fourth-order valence-electron chi connectivity index (χ4n) is 3.23. The summed E-state index contributed by atoms with van der Waals surface area (Å²) in [6.07, 6.45) is 7.13. The van der Waals surface area contributed by atoms with Gasteiger partial charge in [0.25, 0.3) is 0 Å². The molecule has 0 amide bonds. The Kier molecular flexibility index (Phi) is 10.3. The Morgan fingerprint density at radius 3 is 2.13 bits per heavy atom. The summed E-state index contributed by atoms with van der Waals surface area (Å²) in [4.78, 5) is 12.0. The van der Waals surface area contributed by atoms with Crippen molar-refractivity contribution in [2.75, 3.05) is 13.2 Å². The molecule has 0 heterocycles. The van der Waals surface area contributed by atoms with Crippen molar-refractivity contribution in [1.29, 1.82) is 0 Å². The van der Waals surface area contributed by atoms with Crippen molar-refractivity contribution in [2.24, 2.45) is 0 Å². The molecule has 0 saturated carbocycles. The Hall–Kier alpha value is -2.49. The molecule has 164 valence electrons. The molecule has 4 heteroatoms. The molecule has 0 bridgehead atoms. The van der Waals surface area contributed by atoms with Crippen LogP contribution in [-0.2, 0) is 9.53 Å². The quantitative estimate of drug-likeness (QED) is 0.193. The molecule has 0 aliphatic rings. The van der Waals surface area contributed by atoms with Crippen LogP contribution in [-0.4, -0.2) is 25.3 Å². The lowest BCUT2D eigenvalue weighted by molar-refractivity contribution is -0.146. The average molecular weight is 413 g/mol. The fraction of sp³-hybridized carbons (Fsp3) is 0.500. The van der Waals surface area contributed by atoms with Crippen LogP contribution in [0.15, 0.2) is 48.6 Å². The van der Waals surface area contributed by atoms with Crippen LogP contribution < -0.4 is 9.47 Å². The van der Waals surface area contributed by atoms with E-state index in [4.69, 9.17) is 14.2 Å². The minimum absolute atomic E-state index is 0.287. The molecule has 0 aliphatic carbocycles. The standard InChI is InChI=1S/C26H36O4/c1-5-7-9-10-13-21(30-26(27)20(3)4)19-29-25-17-16-24(28-18-8-6-2)22-14-11-12-15-23(22)25/h11-12,14-17,21H,3,5-10,13,18-19H2,1-2,4H3. The first-order chi connectivity index (χ1) is 14.6. The molecule has 30 heavy (non-hydrogen) atoms. The number of carbonyl (C=O) groups excluding carboxylic acids is 1. The van der Waals surface area contributed by atoms with E-state index in [9.17, 15) is 4.79 Å². The fourth-order valence-corrected chi connectivity index (χ4v) is 3.23. The van der Waals surface area contributed by atoms with Gasteiger partial charge in [0, 0.05) is 16.3 Å². The van der Waals surface area contributed by atoms with E-state index in [1.165, 1.54) is 12.8 Å². The van der Waals surface area contributed by atoms with Crippen LogP contribution in [0.2, 0.25) is 0 Å². The summed E-state index contributed by atoms with van der Waals surface area (Å²) in [6, 6.07) is 12.0. The second-order valence-corrected chi connectivity index (χ2v) is 7.78. The van der Waals surface area contributed by atoms with E-state index < -0.39 is 0 Å². The molecular weight excluding hydrogens is 376 g/mol. The number of fused-ring (bicyclic) bond motifs is 1. The maximum absolute atomic E-state index is 12.0. The molecule has 0 aromatic heterocycles. The van der Waals surface area contributed by atoms with Crippen LogP contribution in [0.25, 0.3) is 10.8 Å². The van der Waals surface area contributed by atoms with Crippen LogP contribution in [0, 0.1) is 0 Å². The van der Waals surface area contributed by atoms with Crippen molar-refractivity contribution in [2.45, 2.75) is 71.8 Å². The van der Waals surface area contributed by atoms with Crippen molar-refractivity contribution >= 4 is 16.7 Å². The third-order valence-electron chi connectivity index (χ3n) is 5.03. The monoisotopic (exact) mass is 412 g/mol. The minimum atomic E-state index is -0.358. The van der Waals surface area contributed by atoms with E-state index in [0.29, 0.717) is 18.8 Å². The Morgan fingerprint density at radius 1 is 0.900 bits per heavy atom.